The maximum Gasteiger partial charge on any atom is 0.289 e. The molecule has 1 atom stereocenters. The molecule has 2 heterocycles. The van der Waals surface area contributed by atoms with Gasteiger partial charge in [-0.3, -0.25) is 4.79 Å². The summed E-state index contributed by atoms with van der Waals surface area (Å²) in [6.45, 7) is 4.39. The molecule has 122 valence electrons. The average Bonchev–Trinajstić information content (AvgIpc) is 3.20. The van der Waals surface area contributed by atoms with Crippen LogP contribution in [0.1, 0.15) is 29.5 Å². The van der Waals surface area contributed by atoms with Gasteiger partial charge in [-0.25, -0.2) is 0 Å². The Morgan fingerprint density at radius 1 is 1.35 bits per heavy atom. The lowest BCUT2D eigenvalue weighted by Gasteiger charge is -2.22. The van der Waals surface area contributed by atoms with Gasteiger partial charge in [0.05, 0.1) is 6.26 Å². The molecule has 1 aliphatic heterocycles. The van der Waals surface area contributed by atoms with Gasteiger partial charge in [0, 0.05) is 18.7 Å². The molecule has 0 spiro atoms. The van der Waals surface area contributed by atoms with Crippen molar-refractivity contribution in [1.29, 1.82) is 0 Å². The quantitative estimate of drug-likeness (QED) is 0.921. The van der Waals surface area contributed by atoms with Gasteiger partial charge in [0.2, 0.25) is 0 Å². The Bertz CT molecular complexity index is 668. The topological polar surface area (TPSA) is 68.7 Å². The number of ether oxygens (including phenoxy) is 1. The molecule has 2 N–H and O–H groups in total. The normalized spacial score (nSPS) is 20.7. The second-order valence-corrected chi connectivity index (χ2v) is 6.37. The number of carbonyl (C=O) groups excluding carboxylic acids is 1. The molecule has 5 nitrogen and oxygen atoms in total. The molecule has 5 heteroatoms. The number of benzene rings is 1. The van der Waals surface area contributed by atoms with Crippen molar-refractivity contribution in [3.63, 3.8) is 0 Å². The van der Waals surface area contributed by atoms with Gasteiger partial charge in [0.25, 0.3) is 5.91 Å². The first-order valence-corrected chi connectivity index (χ1v) is 7.85. The number of rotatable bonds is 5. The molecule has 3 rings (SSSR count). The Morgan fingerprint density at radius 2 is 2.13 bits per heavy atom. The first-order chi connectivity index (χ1) is 11.1. The number of hydrogen-bond donors (Lipinski definition) is 1. The lowest BCUT2D eigenvalue weighted by Crippen LogP contribution is -2.34. The lowest BCUT2D eigenvalue weighted by molar-refractivity contribution is 0.0741. The molecule has 0 radical (unpaired) electrons. The van der Waals surface area contributed by atoms with Crippen molar-refractivity contribution < 1.29 is 13.9 Å². The molecule has 1 fully saturated rings. The van der Waals surface area contributed by atoms with Crippen LogP contribution in [0.3, 0.4) is 0 Å². The molecule has 1 aromatic carbocycles. The number of amides is 1. The highest BCUT2D eigenvalue weighted by Gasteiger charge is 2.36. The summed E-state index contributed by atoms with van der Waals surface area (Å²) >= 11 is 0. The zero-order chi connectivity index (χ0) is 16.3. The van der Waals surface area contributed by atoms with Crippen LogP contribution in [0, 0.1) is 5.41 Å². The summed E-state index contributed by atoms with van der Waals surface area (Å²) in [6.07, 6.45) is 2.46. The second-order valence-electron chi connectivity index (χ2n) is 6.37. The van der Waals surface area contributed by atoms with E-state index in [0.29, 0.717) is 32.0 Å². The van der Waals surface area contributed by atoms with Crippen LogP contribution in [-0.4, -0.2) is 30.4 Å². The minimum atomic E-state index is -0.0844. The highest BCUT2D eigenvalue weighted by atomic mass is 16.5. The standard InChI is InChI=1S/C18H22N2O3/c1-18(12-19)8-9-20(13-18)17(21)16-14(7-10-22-16)11-23-15-5-3-2-4-6-15/h2-7,10H,8-9,11-13,19H2,1H3. The Hall–Kier alpha value is -2.27. The molecule has 1 amide bonds. The Balaban J connectivity index is 1.67. The first-order valence-electron chi connectivity index (χ1n) is 7.85. The number of para-hydroxylation sites is 1. The number of furan rings is 1. The minimum Gasteiger partial charge on any atom is -0.489 e. The second kappa shape index (κ2) is 6.46. The summed E-state index contributed by atoms with van der Waals surface area (Å²) in [7, 11) is 0. The highest BCUT2D eigenvalue weighted by Crippen LogP contribution is 2.30. The lowest BCUT2D eigenvalue weighted by atomic mass is 9.90. The molecule has 2 aromatic rings. The van der Waals surface area contributed by atoms with Crippen LogP contribution in [0.2, 0.25) is 0 Å². The van der Waals surface area contributed by atoms with Crippen molar-refractivity contribution in [3.05, 3.63) is 54.0 Å². The smallest absolute Gasteiger partial charge is 0.289 e. The average molecular weight is 314 g/mol. The van der Waals surface area contributed by atoms with Crippen molar-refractivity contribution in [2.24, 2.45) is 11.1 Å². The van der Waals surface area contributed by atoms with E-state index in [4.69, 9.17) is 14.9 Å². The monoisotopic (exact) mass is 314 g/mol. The fourth-order valence-corrected chi connectivity index (χ4v) is 2.82. The summed E-state index contributed by atoms with van der Waals surface area (Å²) in [5, 5.41) is 0. The van der Waals surface area contributed by atoms with E-state index in [1.165, 1.54) is 6.26 Å². The molecule has 1 unspecified atom stereocenters. The Labute approximate surface area is 136 Å². The number of likely N-dealkylation sites (tertiary alicyclic amines) is 1. The predicted molar refractivity (Wildman–Crippen MR) is 87.2 cm³/mol. The number of nitrogens with two attached hydrogens (primary N) is 1. The van der Waals surface area contributed by atoms with Crippen molar-refractivity contribution in [2.75, 3.05) is 19.6 Å². The van der Waals surface area contributed by atoms with Crippen molar-refractivity contribution in [3.8, 4) is 5.75 Å². The number of hydrogen-bond acceptors (Lipinski definition) is 4. The fourth-order valence-electron chi connectivity index (χ4n) is 2.82. The van der Waals surface area contributed by atoms with Crippen molar-refractivity contribution in [1.82, 2.24) is 4.90 Å². The van der Waals surface area contributed by atoms with E-state index < -0.39 is 0 Å². The highest BCUT2D eigenvalue weighted by molar-refractivity contribution is 5.93. The third kappa shape index (κ3) is 3.40. The van der Waals surface area contributed by atoms with Crippen LogP contribution in [-0.2, 0) is 6.61 Å². The summed E-state index contributed by atoms with van der Waals surface area (Å²) < 4.78 is 11.1. The predicted octanol–water partition coefficient (Wildman–Crippen LogP) is 2.67. The van der Waals surface area contributed by atoms with Gasteiger partial charge in [0.15, 0.2) is 5.76 Å². The summed E-state index contributed by atoms with van der Waals surface area (Å²) in [5.74, 6) is 1.05. The Kier molecular flexibility index (Phi) is 4.39. The van der Waals surface area contributed by atoms with Crippen LogP contribution in [0.15, 0.2) is 47.1 Å². The molecule has 0 bridgehead atoms. The summed E-state index contributed by atoms with van der Waals surface area (Å²) in [6, 6.07) is 11.3. The third-order valence-electron chi connectivity index (χ3n) is 4.42. The Morgan fingerprint density at radius 3 is 2.83 bits per heavy atom. The van der Waals surface area contributed by atoms with Crippen molar-refractivity contribution >= 4 is 5.91 Å². The largest absolute Gasteiger partial charge is 0.489 e. The fraction of sp³-hybridized carbons (Fsp3) is 0.389. The van der Waals surface area contributed by atoms with Crippen LogP contribution < -0.4 is 10.5 Å². The van der Waals surface area contributed by atoms with Gasteiger partial charge < -0.3 is 19.8 Å². The third-order valence-corrected chi connectivity index (χ3v) is 4.42. The summed E-state index contributed by atoms with van der Waals surface area (Å²) in [4.78, 5) is 14.5. The molecule has 23 heavy (non-hydrogen) atoms. The molecule has 1 aromatic heterocycles. The van der Waals surface area contributed by atoms with Crippen LogP contribution in [0.5, 0.6) is 5.75 Å². The molecule has 1 aliphatic rings. The SMILES string of the molecule is CC1(CN)CCN(C(=O)c2occc2COc2ccccc2)C1. The van der Waals surface area contributed by atoms with Gasteiger partial charge in [-0.05, 0) is 36.6 Å². The van der Waals surface area contributed by atoms with Crippen LogP contribution >= 0.6 is 0 Å². The zero-order valence-corrected chi connectivity index (χ0v) is 13.3. The molecule has 0 aliphatic carbocycles. The number of carbonyl (C=O) groups is 1. The van der Waals surface area contributed by atoms with Gasteiger partial charge in [-0.15, -0.1) is 0 Å². The van der Waals surface area contributed by atoms with E-state index in [2.05, 4.69) is 6.92 Å². The van der Waals surface area contributed by atoms with Gasteiger partial charge >= 0.3 is 0 Å². The summed E-state index contributed by atoms with van der Waals surface area (Å²) in [5.41, 5.74) is 6.58. The maximum atomic E-state index is 12.7. The van der Waals surface area contributed by atoms with E-state index in [0.717, 1.165) is 17.7 Å². The van der Waals surface area contributed by atoms with E-state index in [-0.39, 0.29) is 11.3 Å². The molecular formula is C18H22N2O3. The van der Waals surface area contributed by atoms with Gasteiger partial charge in [-0.2, -0.15) is 0 Å². The number of nitrogens with zero attached hydrogens (tertiary/aromatic N) is 1. The van der Waals surface area contributed by atoms with Crippen molar-refractivity contribution in [2.45, 2.75) is 20.0 Å². The molecule has 1 saturated heterocycles. The van der Waals surface area contributed by atoms with Crippen LogP contribution in [0.4, 0.5) is 0 Å². The molecule has 0 saturated carbocycles. The van der Waals surface area contributed by atoms with E-state index >= 15 is 0 Å². The van der Waals surface area contributed by atoms with E-state index in [1.54, 1.807) is 6.07 Å². The van der Waals surface area contributed by atoms with Crippen LogP contribution in [0.25, 0.3) is 0 Å². The molecular weight excluding hydrogens is 292 g/mol. The van der Waals surface area contributed by atoms with Gasteiger partial charge in [0.1, 0.15) is 12.4 Å². The minimum absolute atomic E-state index is 0.00293. The van der Waals surface area contributed by atoms with Gasteiger partial charge in [-0.1, -0.05) is 25.1 Å². The van der Waals surface area contributed by atoms with E-state index in [9.17, 15) is 4.79 Å². The maximum absolute atomic E-state index is 12.7. The van der Waals surface area contributed by atoms with E-state index in [1.807, 2.05) is 35.2 Å². The first kappa shape index (κ1) is 15.6. The zero-order valence-electron chi connectivity index (χ0n) is 13.3.